The van der Waals surface area contributed by atoms with E-state index in [1.807, 2.05) is 19.9 Å². The third kappa shape index (κ3) is 2.20. The van der Waals surface area contributed by atoms with Crippen molar-refractivity contribution in [1.29, 1.82) is 0 Å². The molecular weight excluding hydrogens is 189 g/mol. The predicted molar refractivity (Wildman–Crippen MR) is 60.5 cm³/mol. The van der Waals surface area contributed by atoms with E-state index in [-0.39, 0.29) is 11.9 Å². The van der Waals surface area contributed by atoms with Gasteiger partial charge in [-0.25, -0.2) is 4.39 Å². The van der Waals surface area contributed by atoms with Crippen LogP contribution in [0.15, 0.2) is 12.1 Å². The normalized spacial score (nSPS) is 21.7. The minimum absolute atomic E-state index is 0.0579. The van der Waals surface area contributed by atoms with Crippen LogP contribution in [0.4, 0.5) is 4.39 Å². The Morgan fingerprint density at radius 3 is 2.60 bits per heavy atom. The van der Waals surface area contributed by atoms with Crippen molar-refractivity contribution in [2.75, 3.05) is 6.54 Å². The first-order valence-corrected chi connectivity index (χ1v) is 5.68. The van der Waals surface area contributed by atoms with Crippen LogP contribution in [0.2, 0.25) is 0 Å². The minimum atomic E-state index is -0.0579. The third-order valence-electron chi connectivity index (χ3n) is 3.30. The lowest BCUT2D eigenvalue weighted by atomic mass is 9.94. The van der Waals surface area contributed by atoms with Crippen LogP contribution in [0, 0.1) is 19.7 Å². The maximum absolute atomic E-state index is 13.8. The zero-order valence-corrected chi connectivity index (χ0v) is 9.44. The Kier molecular flexibility index (Phi) is 3.06. The van der Waals surface area contributed by atoms with Gasteiger partial charge in [0.15, 0.2) is 0 Å². The largest absolute Gasteiger partial charge is 0.310 e. The van der Waals surface area contributed by atoms with Crippen molar-refractivity contribution in [3.05, 3.63) is 34.6 Å². The molecule has 0 bridgehead atoms. The van der Waals surface area contributed by atoms with Crippen LogP contribution in [0.25, 0.3) is 0 Å². The number of hydrogen-bond donors (Lipinski definition) is 1. The first-order valence-electron chi connectivity index (χ1n) is 5.68. The van der Waals surface area contributed by atoms with E-state index in [0.717, 1.165) is 24.1 Å². The van der Waals surface area contributed by atoms with Crippen molar-refractivity contribution < 1.29 is 4.39 Å². The maximum atomic E-state index is 13.8. The highest BCUT2D eigenvalue weighted by Crippen LogP contribution is 2.27. The van der Waals surface area contributed by atoms with Gasteiger partial charge >= 0.3 is 0 Å². The summed E-state index contributed by atoms with van der Waals surface area (Å²) in [7, 11) is 0. The fraction of sp³-hybridized carbons (Fsp3) is 0.538. The molecule has 1 aliphatic rings. The Morgan fingerprint density at radius 2 is 1.93 bits per heavy atom. The van der Waals surface area contributed by atoms with Gasteiger partial charge in [0.2, 0.25) is 0 Å². The molecule has 1 N–H and O–H groups in total. The van der Waals surface area contributed by atoms with Gasteiger partial charge in [-0.2, -0.15) is 0 Å². The van der Waals surface area contributed by atoms with Gasteiger partial charge in [-0.15, -0.1) is 0 Å². The van der Waals surface area contributed by atoms with Crippen molar-refractivity contribution in [2.24, 2.45) is 0 Å². The number of rotatable bonds is 1. The molecule has 1 fully saturated rings. The van der Waals surface area contributed by atoms with Gasteiger partial charge in [-0.1, -0.05) is 12.5 Å². The van der Waals surface area contributed by atoms with Crippen LogP contribution in [0.5, 0.6) is 0 Å². The first kappa shape index (κ1) is 10.6. The van der Waals surface area contributed by atoms with Gasteiger partial charge in [0.25, 0.3) is 0 Å². The highest BCUT2D eigenvalue weighted by molar-refractivity contribution is 5.33. The first-order chi connectivity index (χ1) is 7.18. The third-order valence-corrected chi connectivity index (χ3v) is 3.30. The molecule has 1 unspecified atom stereocenters. The second-order valence-corrected chi connectivity index (χ2v) is 4.46. The Bertz CT molecular complexity index is 354. The lowest BCUT2D eigenvalue weighted by Crippen LogP contribution is -2.27. The Balaban J connectivity index is 2.30. The fourth-order valence-electron chi connectivity index (χ4n) is 2.19. The summed E-state index contributed by atoms with van der Waals surface area (Å²) in [6, 6.07) is 3.87. The molecule has 1 atom stereocenters. The van der Waals surface area contributed by atoms with Gasteiger partial charge in [0.1, 0.15) is 5.82 Å². The van der Waals surface area contributed by atoms with Crippen molar-refractivity contribution in [3.8, 4) is 0 Å². The summed E-state index contributed by atoms with van der Waals surface area (Å²) in [5, 5.41) is 3.38. The van der Waals surface area contributed by atoms with E-state index < -0.39 is 0 Å². The van der Waals surface area contributed by atoms with E-state index in [0.29, 0.717) is 0 Å². The molecule has 1 heterocycles. The van der Waals surface area contributed by atoms with Crippen molar-refractivity contribution in [3.63, 3.8) is 0 Å². The Hall–Kier alpha value is -0.890. The van der Waals surface area contributed by atoms with Gasteiger partial charge in [0.05, 0.1) is 0 Å². The van der Waals surface area contributed by atoms with Gasteiger partial charge in [-0.3, -0.25) is 0 Å². The van der Waals surface area contributed by atoms with Gasteiger partial charge < -0.3 is 5.32 Å². The summed E-state index contributed by atoms with van der Waals surface area (Å²) in [6.45, 7) is 5.01. The summed E-state index contributed by atoms with van der Waals surface area (Å²) < 4.78 is 13.8. The zero-order chi connectivity index (χ0) is 10.8. The standard InChI is InChI=1S/C13H18FN/c1-9-7-11(12(14)8-10(9)2)13-5-3-4-6-15-13/h7-8,13,15H,3-6H2,1-2H3. The van der Waals surface area contributed by atoms with E-state index in [1.165, 1.54) is 18.4 Å². The van der Waals surface area contributed by atoms with Crippen LogP contribution in [-0.4, -0.2) is 6.54 Å². The lowest BCUT2D eigenvalue weighted by Gasteiger charge is -2.24. The average molecular weight is 207 g/mol. The molecule has 1 aromatic carbocycles. The number of halogens is 1. The number of aryl methyl sites for hydroxylation is 2. The molecule has 0 radical (unpaired) electrons. The molecule has 1 nitrogen and oxygen atoms in total. The molecule has 2 heteroatoms. The van der Waals surface area contributed by atoms with Gasteiger partial charge in [0, 0.05) is 11.6 Å². The summed E-state index contributed by atoms with van der Waals surface area (Å²) in [6.07, 6.45) is 3.46. The number of benzene rings is 1. The highest BCUT2D eigenvalue weighted by Gasteiger charge is 2.18. The van der Waals surface area contributed by atoms with Gasteiger partial charge in [-0.05, 0) is 50.4 Å². The topological polar surface area (TPSA) is 12.0 Å². The quantitative estimate of drug-likeness (QED) is 0.745. The summed E-state index contributed by atoms with van der Waals surface area (Å²) in [5.41, 5.74) is 3.06. The fourth-order valence-corrected chi connectivity index (χ4v) is 2.19. The zero-order valence-electron chi connectivity index (χ0n) is 9.44. The highest BCUT2D eigenvalue weighted by atomic mass is 19.1. The Morgan fingerprint density at radius 1 is 1.20 bits per heavy atom. The van der Waals surface area contributed by atoms with Crippen LogP contribution < -0.4 is 5.32 Å². The molecule has 1 aliphatic heterocycles. The molecule has 2 rings (SSSR count). The number of piperidine rings is 1. The lowest BCUT2D eigenvalue weighted by molar-refractivity contribution is 0.399. The van der Waals surface area contributed by atoms with E-state index in [9.17, 15) is 4.39 Å². The average Bonchev–Trinajstić information content (AvgIpc) is 2.25. The molecule has 15 heavy (non-hydrogen) atoms. The Labute approximate surface area is 90.7 Å². The molecule has 0 saturated carbocycles. The second-order valence-electron chi connectivity index (χ2n) is 4.46. The van der Waals surface area contributed by atoms with Crippen LogP contribution in [0.3, 0.4) is 0 Å². The maximum Gasteiger partial charge on any atom is 0.128 e. The molecular formula is C13H18FN. The number of nitrogens with one attached hydrogen (secondary N) is 1. The van der Waals surface area contributed by atoms with E-state index in [1.54, 1.807) is 6.07 Å². The van der Waals surface area contributed by atoms with E-state index >= 15 is 0 Å². The smallest absolute Gasteiger partial charge is 0.128 e. The summed E-state index contributed by atoms with van der Waals surface area (Å²) >= 11 is 0. The van der Waals surface area contributed by atoms with Crippen LogP contribution in [-0.2, 0) is 0 Å². The molecule has 82 valence electrons. The molecule has 1 saturated heterocycles. The summed E-state index contributed by atoms with van der Waals surface area (Å²) in [5.74, 6) is -0.0579. The number of hydrogen-bond acceptors (Lipinski definition) is 1. The van der Waals surface area contributed by atoms with Crippen LogP contribution in [0.1, 0.15) is 42.0 Å². The minimum Gasteiger partial charge on any atom is -0.310 e. The van der Waals surface area contributed by atoms with Crippen molar-refractivity contribution in [1.82, 2.24) is 5.32 Å². The SMILES string of the molecule is Cc1cc(F)c(C2CCCCN2)cc1C. The predicted octanol–water partition coefficient (Wildman–Crippen LogP) is 3.26. The van der Waals surface area contributed by atoms with Crippen LogP contribution >= 0.6 is 0 Å². The van der Waals surface area contributed by atoms with Crippen molar-refractivity contribution >= 4 is 0 Å². The van der Waals surface area contributed by atoms with E-state index in [4.69, 9.17) is 0 Å². The monoisotopic (exact) mass is 207 g/mol. The molecule has 0 aliphatic carbocycles. The summed E-state index contributed by atoms with van der Waals surface area (Å²) in [4.78, 5) is 0. The second kappa shape index (κ2) is 4.31. The molecule has 1 aromatic rings. The van der Waals surface area contributed by atoms with E-state index in [2.05, 4.69) is 5.32 Å². The molecule has 0 aromatic heterocycles. The molecule has 0 amide bonds. The van der Waals surface area contributed by atoms with Crippen molar-refractivity contribution in [2.45, 2.75) is 39.2 Å². The molecule has 0 spiro atoms.